The summed E-state index contributed by atoms with van der Waals surface area (Å²) in [6, 6.07) is 3.15. The lowest BCUT2D eigenvalue weighted by Gasteiger charge is -2.18. The summed E-state index contributed by atoms with van der Waals surface area (Å²) >= 11 is 0. The molecule has 7 heteroatoms. The van der Waals surface area contributed by atoms with Crippen LogP contribution in [0.1, 0.15) is 16.2 Å². The van der Waals surface area contributed by atoms with E-state index in [1.165, 1.54) is 19.1 Å². The first-order valence-corrected chi connectivity index (χ1v) is 6.32. The fourth-order valence-corrected chi connectivity index (χ4v) is 1.97. The molecule has 2 aromatic rings. The minimum absolute atomic E-state index is 0.218. The van der Waals surface area contributed by atoms with Crippen molar-refractivity contribution in [1.82, 2.24) is 14.9 Å². The molecule has 0 aliphatic rings. The van der Waals surface area contributed by atoms with Gasteiger partial charge in [0.15, 0.2) is 11.5 Å². The van der Waals surface area contributed by atoms with E-state index in [0.717, 1.165) is 0 Å². The minimum atomic E-state index is -0.218. The molecule has 0 unspecified atom stereocenters. The van der Waals surface area contributed by atoms with Crippen LogP contribution >= 0.6 is 0 Å². The highest BCUT2D eigenvalue weighted by Crippen LogP contribution is 2.32. The molecule has 1 heterocycles. The van der Waals surface area contributed by atoms with E-state index < -0.39 is 0 Å². The van der Waals surface area contributed by atoms with Crippen LogP contribution in [0.2, 0.25) is 0 Å². The summed E-state index contributed by atoms with van der Waals surface area (Å²) in [6.45, 7) is 0.361. The molecule has 0 bridgehead atoms. The zero-order valence-electron chi connectivity index (χ0n) is 12.2. The van der Waals surface area contributed by atoms with Gasteiger partial charge in [-0.2, -0.15) is 0 Å². The third-order valence-corrected chi connectivity index (χ3v) is 3.07. The molecule has 0 spiro atoms. The Hall–Kier alpha value is -2.70. The number of nitrogens with one attached hydrogen (secondary N) is 1. The second-order valence-electron chi connectivity index (χ2n) is 4.49. The van der Waals surface area contributed by atoms with Crippen LogP contribution in [0, 0.1) is 0 Å². The molecular formula is C14H18N4O3. The molecule has 0 fully saturated rings. The maximum Gasteiger partial charge on any atom is 0.256 e. The van der Waals surface area contributed by atoms with E-state index in [2.05, 4.69) is 9.97 Å². The fourth-order valence-electron chi connectivity index (χ4n) is 1.97. The lowest BCUT2D eigenvalue weighted by atomic mass is 10.1. The number of anilines is 1. The number of methoxy groups -OCH3 is 2. The molecule has 0 saturated carbocycles. The van der Waals surface area contributed by atoms with Crippen molar-refractivity contribution in [3.05, 3.63) is 35.9 Å². The molecule has 0 radical (unpaired) electrons. The van der Waals surface area contributed by atoms with Crippen LogP contribution in [-0.4, -0.2) is 42.0 Å². The van der Waals surface area contributed by atoms with Crippen LogP contribution in [0.15, 0.2) is 24.5 Å². The molecule has 2 rings (SSSR count). The van der Waals surface area contributed by atoms with Crippen LogP contribution in [0.5, 0.6) is 11.5 Å². The Labute approximate surface area is 122 Å². The standard InChI is InChI=1S/C14H18N4O3/c1-18(8-13-16-4-5-17-13)14(19)9-6-11(20-2)12(21-3)7-10(9)15/h4-7H,8,15H2,1-3H3,(H,16,17). The van der Waals surface area contributed by atoms with Crippen molar-refractivity contribution in [1.29, 1.82) is 0 Å². The van der Waals surface area contributed by atoms with Gasteiger partial charge < -0.3 is 25.1 Å². The number of amides is 1. The Morgan fingerprint density at radius 1 is 1.33 bits per heavy atom. The molecule has 7 nitrogen and oxygen atoms in total. The number of aromatic nitrogens is 2. The number of carbonyl (C=O) groups is 1. The number of aromatic amines is 1. The van der Waals surface area contributed by atoms with E-state index in [-0.39, 0.29) is 5.91 Å². The summed E-state index contributed by atoms with van der Waals surface area (Å²) in [7, 11) is 4.71. The summed E-state index contributed by atoms with van der Waals surface area (Å²) in [5.74, 6) is 1.43. The van der Waals surface area contributed by atoms with Crippen LogP contribution in [0.25, 0.3) is 0 Å². The summed E-state index contributed by atoms with van der Waals surface area (Å²) in [6.07, 6.45) is 3.34. The largest absolute Gasteiger partial charge is 0.493 e. The van der Waals surface area contributed by atoms with Gasteiger partial charge >= 0.3 is 0 Å². The SMILES string of the molecule is COc1cc(N)c(C(=O)N(C)Cc2ncc[nH]2)cc1OC. The number of nitrogens with two attached hydrogens (primary N) is 1. The maximum atomic E-state index is 12.5. The fraction of sp³-hybridized carbons (Fsp3) is 0.286. The van der Waals surface area contributed by atoms with E-state index in [9.17, 15) is 4.79 Å². The molecule has 0 aliphatic heterocycles. The molecule has 21 heavy (non-hydrogen) atoms. The number of H-pyrrole nitrogens is 1. The van der Waals surface area contributed by atoms with Crippen LogP contribution in [0.4, 0.5) is 5.69 Å². The van der Waals surface area contributed by atoms with Gasteiger partial charge in [-0.1, -0.05) is 0 Å². The van der Waals surface area contributed by atoms with Crippen molar-refractivity contribution in [3.8, 4) is 11.5 Å². The van der Waals surface area contributed by atoms with E-state index in [0.29, 0.717) is 35.1 Å². The maximum absolute atomic E-state index is 12.5. The third-order valence-electron chi connectivity index (χ3n) is 3.07. The van der Waals surface area contributed by atoms with Crippen molar-refractivity contribution in [2.75, 3.05) is 27.0 Å². The Bertz CT molecular complexity index is 625. The number of hydrogen-bond donors (Lipinski definition) is 2. The zero-order chi connectivity index (χ0) is 15.4. The van der Waals surface area contributed by atoms with E-state index in [1.807, 2.05) is 0 Å². The monoisotopic (exact) mass is 290 g/mol. The van der Waals surface area contributed by atoms with E-state index in [1.54, 1.807) is 31.6 Å². The third kappa shape index (κ3) is 3.07. The number of hydrogen-bond acceptors (Lipinski definition) is 5. The lowest BCUT2D eigenvalue weighted by Crippen LogP contribution is -2.27. The number of benzene rings is 1. The Kier molecular flexibility index (Phi) is 4.32. The highest BCUT2D eigenvalue weighted by molar-refractivity contribution is 5.99. The highest BCUT2D eigenvalue weighted by Gasteiger charge is 2.19. The zero-order valence-corrected chi connectivity index (χ0v) is 12.2. The quantitative estimate of drug-likeness (QED) is 0.809. The van der Waals surface area contributed by atoms with E-state index in [4.69, 9.17) is 15.2 Å². The first-order valence-electron chi connectivity index (χ1n) is 6.32. The van der Waals surface area contributed by atoms with Gasteiger partial charge in [0.05, 0.1) is 26.3 Å². The number of nitrogens with zero attached hydrogens (tertiary/aromatic N) is 2. The molecule has 3 N–H and O–H groups in total. The molecule has 1 aromatic heterocycles. The Morgan fingerprint density at radius 2 is 2.00 bits per heavy atom. The van der Waals surface area contributed by atoms with Gasteiger partial charge in [0.2, 0.25) is 0 Å². The number of carbonyl (C=O) groups excluding carboxylic acids is 1. The van der Waals surface area contributed by atoms with Gasteiger partial charge in [0.25, 0.3) is 5.91 Å². The predicted octanol–water partition coefficient (Wildman–Crippen LogP) is 1.28. The van der Waals surface area contributed by atoms with Gasteiger partial charge in [-0.05, 0) is 6.07 Å². The predicted molar refractivity (Wildman–Crippen MR) is 78.3 cm³/mol. The normalized spacial score (nSPS) is 10.2. The summed E-state index contributed by atoms with van der Waals surface area (Å²) < 4.78 is 10.4. The van der Waals surface area contributed by atoms with Gasteiger partial charge in [-0.3, -0.25) is 4.79 Å². The number of imidazole rings is 1. The molecule has 112 valence electrons. The molecular weight excluding hydrogens is 272 g/mol. The second-order valence-corrected chi connectivity index (χ2v) is 4.49. The highest BCUT2D eigenvalue weighted by atomic mass is 16.5. The van der Waals surface area contributed by atoms with Crippen molar-refractivity contribution in [2.45, 2.75) is 6.54 Å². The summed E-state index contributed by atoms with van der Waals surface area (Å²) in [5.41, 5.74) is 6.63. The molecule has 0 atom stereocenters. The Morgan fingerprint density at radius 3 is 2.57 bits per heavy atom. The van der Waals surface area contributed by atoms with Gasteiger partial charge in [0, 0.05) is 31.2 Å². The molecule has 1 aromatic carbocycles. The van der Waals surface area contributed by atoms with Crippen LogP contribution in [-0.2, 0) is 6.54 Å². The molecule has 1 amide bonds. The van der Waals surface area contributed by atoms with Crippen LogP contribution < -0.4 is 15.2 Å². The van der Waals surface area contributed by atoms with Gasteiger partial charge in [-0.15, -0.1) is 0 Å². The Balaban J connectivity index is 2.25. The van der Waals surface area contributed by atoms with Crippen molar-refractivity contribution in [3.63, 3.8) is 0 Å². The number of rotatable bonds is 5. The summed E-state index contributed by atoms with van der Waals surface area (Å²) in [5, 5.41) is 0. The first-order chi connectivity index (χ1) is 10.1. The van der Waals surface area contributed by atoms with Crippen molar-refractivity contribution >= 4 is 11.6 Å². The van der Waals surface area contributed by atoms with E-state index >= 15 is 0 Å². The summed E-state index contributed by atoms with van der Waals surface area (Å²) in [4.78, 5) is 21.0. The number of ether oxygens (including phenoxy) is 2. The average Bonchev–Trinajstić information content (AvgIpc) is 2.99. The van der Waals surface area contributed by atoms with Crippen LogP contribution in [0.3, 0.4) is 0 Å². The minimum Gasteiger partial charge on any atom is -0.493 e. The molecule has 0 aliphatic carbocycles. The van der Waals surface area contributed by atoms with Crippen molar-refractivity contribution < 1.29 is 14.3 Å². The average molecular weight is 290 g/mol. The van der Waals surface area contributed by atoms with Crippen molar-refractivity contribution in [2.24, 2.45) is 0 Å². The molecule has 0 saturated heterocycles. The second kappa shape index (κ2) is 6.17. The first kappa shape index (κ1) is 14.7. The lowest BCUT2D eigenvalue weighted by molar-refractivity contribution is 0.0782. The smallest absolute Gasteiger partial charge is 0.256 e. The number of nitrogen functional groups attached to an aromatic ring is 1. The topological polar surface area (TPSA) is 93.5 Å². The van der Waals surface area contributed by atoms with Gasteiger partial charge in [0.1, 0.15) is 5.82 Å². The van der Waals surface area contributed by atoms with Gasteiger partial charge in [-0.25, -0.2) is 4.98 Å².